The van der Waals surface area contributed by atoms with Gasteiger partial charge < -0.3 is 4.90 Å². The molecule has 1 saturated heterocycles. The molecule has 0 spiro atoms. The molecule has 1 aliphatic heterocycles. The maximum absolute atomic E-state index is 13.3. The summed E-state index contributed by atoms with van der Waals surface area (Å²) < 4.78 is 29.3. The number of nitrogens with zero attached hydrogens (tertiary/aromatic N) is 5. The van der Waals surface area contributed by atoms with Crippen molar-refractivity contribution in [1.82, 2.24) is 24.0 Å². The summed E-state index contributed by atoms with van der Waals surface area (Å²) in [6.45, 7) is 5.09. The minimum atomic E-state index is -3.76. The Morgan fingerprint density at radius 2 is 1.84 bits per heavy atom. The van der Waals surface area contributed by atoms with Crippen LogP contribution < -0.4 is 5.56 Å². The Bertz CT molecular complexity index is 1330. The fourth-order valence-electron chi connectivity index (χ4n) is 3.82. The molecule has 1 amide bonds. The third-order valence-corrected chi connectivity index (χ3v) is 7.41. The summed E-state index contributed by atoms with van der Waals surface area (Å²) in [4.78, 5) is 30.8. The first kappa shape index (κ1) is 22.1. The molecule has 0 aliphatic carbocycles. The van der Waals surface area contributed by atoms with Crippen molar-refractivity contribution in [3.05, 3.63) is 64.2 Å². The smallest absolute Gasteiger partial charge is 0.274 e. The van der Waals surface area contributed by atoms with Crippen LogP contribution in [-0.4, -0.2) is 64.5 Å². The van der Waals surface area contributed by atoms with E-state index in [2.05, 4.69) is 10.1 Å². The predicted octanol–water partition coefficient (Wildman–Crippen LogP) is 1.66. The molecule has 0 atom stereocenters. The highest BCUT2D eigenvalue weighted by Gasteiger charge is 2.32. The van der Waals surface area contributed by atoms with Crippen molar-refractivity contribution < 1.29 is 13.2 Å². The van der Waals surface area contributed by atoms with Gasteiger partial charge in [0.25, 0.3) is 11.5 Å². The van der Waals surface area contributed by atoms with Gasteiger partial charge in [-0.15, -0.1) is 0 Å². The molecule has 3 aromatic rings. The molecule has 1 fully saturated rings. The summed E-state index contributed by atoms with van der Waals surface area (Å²) >= 11 is 0. The third-order valence-electron chi connectivity index (χ3n) is 5.48. The molecule has 1 aromatic carbocycles. The van der Waals surface area contributed by atoms with Crippen LogP contribution in [0, 0.1) is 6.92 Å². The standard InChI is InChI=1S/C22H25N5O4S/c1-3-9-27-20(28)8-7-18(24-27)22(29)25-10-12-26(13-11-25)32(30,31)19-6-4-5-17-14-16(2)15-23-21(17)19/h4-8,14-15H,3,9-13H2,1-2H3. The van der Waals surface area contributed by atoms with Gasteiger partial charge in [0.1, 0.15) is 10.6 Å². The van der Waals surface area contributed by atoms with Gasteiger partial charge >= 0.3 is 0 Å². The highest BCUT2D eigenvalue weighted by molar-refractivity contribution is 7.89. The van der Waals surface area contributed by atoms with Gasteiger partial charge in [-0.25, -0.2) is 13.1 Å². The van der Waals surface area contributed by atoms with Gasteiger partial charge in [-0.05, 0) is 37.1 Å². The Hall–Kier alpha value is -3.11. The second-order valence-corrected chi connectivity index (χ2v) is 9.72. The lowest BCUT2D eigenvalue weighted by molar-refractivity contribution is 0.0689. The first-order chi connectivity index (χ1) is 15.3. The number of hydrogen-bond donors (Lipinski definition) is 0. The fourth-order valence-corrected chi connectivity index (χ4v) is 5.41. The van der Waals surface area contributed by atoms with Crippen molar-refractivity contribution in [2.24, 2.45) is 0 Å². The van der Waals surface area contributed by atoms with Crippen LogP contribution in [0.5, 0.6) is 0 Å². The molecular weight excluding hydrogens is 430 g/mol. The van der Waals surface area contributed by atoms with E-state index < -0.39 is 10.0 Å². The average molecular weight is 456 g/mol. The number of aromatic nitrogens is 3. The predicted molar refractivity (Wildman–Crippen MR) is 120 cm³/mol. The molecule has 0 radical (unpaired) electrons. The Balaban J connectivity index is 1.52. The summed E-state index contributed by atoms with van der Waals surface area (Å²) in [6.07, 6.45) is 2.38. The number of benzene rings is 1. The van der Waals surface area contributed by atoms with Crippen molar-refractivity contribution in [2.75, 3.05) is 26.2 Å². The number of para-hydroxylation sites is 1. The molecule has 0 bridgehead atoms. The Labute approximate surface area is 186 Å². The number of aryl methyl sites for hydroxylation is 2. The third kappa shape index (κ3) is 4.15. The lowest BCUT2D eigenvalue weighted by Crippen LogP contribution is -2.50. The van der Waals surface area contributed by atoms with Crippen LogP contribution in [0.25, 0.3) is 10.9 Å². The maximum Gasteiger partial charge on any atom is 0.274 e. The lowest BCUT2D eigenvalue weighted by Gasteiger charge is -2.34. The van der Waals surface area contributed by atoms with E-state index >= 15 is 0 Å². The van der Waals surface area contributed by atoms with Crippen LogP contribution in [-0.2, 0) is 16.6 Å². The van der Waals surface area contributed by atoms with Gasteiger partial charge in [-0.2, -0.15) is 9.40 Å². The second-order valence-electron chi connectivity index (χ2n) is 7.82. The van der Waals surface area contributed by atoms with E-state index in [4.69, 9.17) is 0 Å². The summed E-state index contributed by atoms with van der Waals surface area (Å²) in [5.74, 6) is -0.311. The van der Waals surface area contributed by atoms with Crippen molar-refractivity contribution in [3.63, 3.8) is 0 Å². The highest BCUT2D eigenvalue weighted by Crippen LogP contribution is 2.25. The molecule has 0 N–H and O–H groups in total. The monoisotopic (exact) mass is 455 g/mol. The number of piperazine rings is 1. The molecule has 10 heteroatoms. The van der Waals surface area contributed by atoms with E-state index in [1.54, 1.807) is 23.2 Å². The fraction of sp³-hybridized carbons (Fsp3) is 0.364. The van der Waals surface area contributed by atoms with E-state index in [-0.39, 0.29) is 48.2 Å². The normalized spacial score (nSPS) is 15.2. The SMILES string of the molecule is CCCn1nc(C(=O)N2CCN(S(=O)(=O)c3cccc4cc(C)cnc34)CC2)ccc1=O. The van der Waals surface area contributed by atoms with E-state index in [1.165, 1.54) is 21.1 Å². The van der Waals surface area contributed by atoms with Crippen molar-refractivity contribution >= 4 is 26.8 Å². The van der Waals surface area contributed by atoms with Gasteiger partial charge in [-0.1, -0.05) is 19.1 Å². The number of carbonyl (C=O) groups excluding carboxylic acids is 1. The van der Waals surface area contributed by atoms with E-state index in [0.29, 0.717) is 12.1 Å². The summed E-state index contributed by atoms with van der Waals surface area (Å²) in [5, 5.41) is 4.94. The molecule has 9 nitrogen and oxygen atoms in total. The van der Waals surface area contributed by atoms with E-state index in [1.807, 2.05) is 26.0 Å². The molecule has 168 valence electrons. The quantitative estimate of drug-likeness (QED) is 0.579. The molecule has 0 unspecified atom stereocenters. The van der Waals surface area contributed by atoms with Crippen molar-refractivity contribution in [1.29, 1.82) is 0 Å². The minimum Gasteiger partial charge on any atom is -0.335 e. The van der Waals surface area contributed by atoms with Gasteiger partial charge in [0.15, 0.2) is 0 Å². The van der Waals surface area contributed by atoms with Gasteiger partial charge in [0.2, 0.25) is 10.0 Å². The van der Waals surface area contributed by atoms with Gasteiger partial charge in [0.05, 0.1) is 5.52 Å². The molecule has 0 saturated carbocycles. The molecular formula is C22H25N5O4S. The lowest BCUT2D eigenvalue weighted by atomic mass is 10.2. The zero-order chi connectivity index (χ0) is 22.9. The maximum atomic E-state index is 13.3. The number of rotatable bonds is 5. The molecule has 1 aliphatic rings. The number of amides is 1. The number of hydrogen-bond acceptors (Lipinski definition) is 6. The zero-order valence-corrected chi connectivity index (χ0v) is 18.9. The van der Waals surface area contributed by atoms with Crippen molar-refractivity contribution in [2.45, 2.75) is 31.7 Å². The van der Waals surface area contributed by atoms with E-state index in [0.717, 1.165) is 17.4 Å². The first-order valence-corrected chi connectivity index (χ1v) is 12.0. The topological polar surface area (TPSA) is 105 Å². The van der Waals surface area contributed by atoms with Crippen LogP contribution in [0.2, 0.25) is 0 Å². The molecule has 3 heterocycles. The molecule has 4 rings (SSSR count). The van der Waals surface area contributed by atoms with Crippen LogP contribution in [0.15, 0.2) is 52.3 Å². The van der Waals surface area contributed by atoms with Crippen LogP contribution in [0.1, 0.15) is 29.4 Å². The van der Waals surface area contributed by atoms with Crippen LogP contribution >= 0.6 is 0 Å². The molecule has 2 aromatic heterocycles. The second kappa shape index (κ2) is 8.79. The number of carbonyl (C=O) groups is 1. The number of sulfonamides is 1. The van der Waals surface area contributed by atoms with Gasteiger partial charge in [0, 0.05) is 50.4 Å². The Kier molecular flexibility index (Phi) is 6.07. The largest absolute Gasteiger partial charge is 0.335 e. The number of fused-ring (bicyclic) bond motifs is 1. The Morgan fingerprint density at radius 3 is 2.56 bits per heavy atom. The van der Waals surface area contributed by atoms with Crippen LogP contribution in [0.3, 0.4) is 0 Å². The van der Waals surface area contributed by atoms with Crippen LogP contribution in [0.4, 0.5) is 0 Å². The highest BCUT2D eigenvalue weighted by atomic mass is 32.2. The average Bonchev–Trinajstić information content (AvgIpc) is 2.79. The first-order valence-electron chi connectivity index (χ1n) is 10.5. The van der Waals surface area contributed by atoms with E-state index in [9.17, 15) is 18.0 Å². The minimum absolute atomic E-state index is 0.170. The Morgan fingerprint density at radius 1 is 1.09 bits per heavy atom. The summed E-state index contributed by atoms with van der Waals surface area (Å²) in [7, 11) is -3.76. The summed E-state index contributed by atoms with van der Waals surface area (Å²) in [6, 6.07) is 9.79. The summed E-state index contributed by atoms with van der Waals surface area (Å²) in [5.41, 5.74) is 1.33. The van der Waals surface area contributed by atoms with Crippen molar-refractivity contribution in [3.8, 4) is 0 Å². The van der Waals surface area contributed by atoms with Gasteiger partial charge in [-0.3, -0.25) is 14.6 Å². The molecule has 32 heavy (non-hydrogen) atoms. The zero-order valence-electron chi connectivity index (χ0n) is 18.1. The number of pyridine rings is 1.